The summed E-state index contributed by atoms with van der Waals surface area (Å²) in [5.74, 6) is -0.199. The van der Waals surface area contributed by atoms with Crippen molar-refractivity contribution in [2.75, 3.05) is 11.9 Å². The molecule has 0 saturated heterocycles. The van der Waals surface area contributed by atoms with Crippen LogP contribution in [0.15, 0.2) is 18.2 Å². The number of carbonyl (C=O) groups is 1. The fourth-order valence-electron chi connectivity index (χ4n) is 1.70. The summed E-state index contributed by atoms with van der Waals surface area (Å²) in [5.41, 5.74) is 5.04. The van der Waals surface area contributed by atoms with Gasteiger partial charge in [0.2, 0.25) is 0 Å². The smallest absolute Gasteiger partial charge is 0.274 e. The number of hydroxylamine groups is 1. The second kappa shape index (κ2) is 4.37. The number of rotatable bonds is 2. The third kappa shape index (κ3) is 2.97. The van der Waals surface area contributed by atoms with Crippen LogP contribution in [0.3, 0.4) is 0 Å². The Balaban J connectivity index is 2.05. The van der Waals surface area contributed by atoms with Gasteiger partial charge in [-0.1, -0.05) is 0 Å². The van der Waals surface area contributed by atoms with Crippen molar-refractivity contribution in [3.63, 3.8) is 0 Å². The lowest BCUT2D eigenvalue weighted by atomic mass is 10.1. The van der Waals surface area contributed by atoms with Crippen molar-refractivity contribution in [1.29, 1.82) is 0 Å². The number of hydrogen-bond donors (Lipinski definition) is 2. The van der Waals surface area contributed by atoms with Gasteiger partial charge in [0.05, 0.1) is 5.60 Å². The molecule has 1 aliphatic heterocycles. The Morgan fingerprint density at radius 1 is 1.41 bits per heavy atom. The van der Waals surface area contributed by atoms with Crippen molar-refractivity contribution >= 4 is 11.6 Å². The number of nitrogens with one attached hydrogen (secondary N) is 2. The van der Waals surface area contributed by atoms with Crippen LogP contribution in [0.2, 0.25) is 0 Å². The van der Waals surface area contributed by atoms with Crippen LogP contribution in [0, 0.1) is 0 Å². The van der Waals surface area contributed by atoms with Crippen molar-refractivity contribution in [2.45, 2.75) is 32.8 Å². The van der Waals surface area contributed by atoms with E-state index < -0.39 is 0 Å². The second-order valence-electron chi connectivity index (χ2n) is 5.19. The minimum atomic E-state index is -0.381. The summed E-state index contributed by atoms with van der Waals surface area (Å²) < 4.78 is 0. The molecule has 0 fully saturated rings. The Hall–Kier alpha value is -1.55. The number of hydrogen-bond acceptors (Lipinski definition) is 3. The molecule has 0 bridgehead atoms. The summed E-state index contributed by atoms with van der Waals surface area (Å²) in [6, 6.07) is 5.66. The molecular weight excluding hydrogens is 216 g/mol. The molecule has 0 spiro atoms. The van der Waals surface area contributed by atoms with E-state index in [-0.39, 0.29) is 11.5 Å². The van der Waals surface area contributed by atoms with Gasteiger partial charge in [-0.25, -0.2) is 5.48 Å². The highest BCUT2D eigenvalue weighted by molar-refractivity contribution is 5.94. The number of carbonyl (C=O) groups excluding carboxylic acids is 1. The highest BCUT2D eigenvalue weighted by Crippen LogP contribution is 2.22. The van der Waals surface area contributed by atoms with Crippen LogP contribution < -0.4 is 10.8 Å². The summed E-state index contributed by atoms with van der Waals surface area (Å²) in [7, 11) is 0. The first-order valence-corrected chi connectivity index (χ1v) is 5.81. The summed E-state index contributed by atoms with van der Waals surface area (Å²) in [5, 5.41) is 3.26. The third-order valence-corrected chi connectivity index (χ3v) is 2.53. The molecule has 17 heavy (non-hydrogen) atoms. The van der Waals surface area contributed by atoms with Gasteiger partial charge in [-0.2, -0.15) is 0 Å². The Labute approximate surface area is 101 Å². The summed E-state index contributed by atoms with van der Waals surface area (Å²) in [6.45, 7) is 6.61. The Bertz CT molecular complexity index is 436. The number of anilines is 1. The minimum absolute atomic E-state index is 0.199. The van der Waals surface area contributed by atoms with E-state index in [0.29, 0.717) is 5.56 Å². The predicted octanol–water partition coefficient (Wildman–Crippen LogP) is 2.11. The first-order valence-electron chi connectivity index (χ1n) is 5.81. The molecule has 2 N–H and O–H groups in total. The largest absolute Gasteiger partial charge is 0.384 e. The molecule has 0 aromatic heterocycles. The van der Waals surface area contributed by atoms with Gasteiger partial charge in [0.25, 0.3) is 5.91 Å². The summed E-state index contributed by atoms with van der Waals surface area (Å²) >= 11 is 0. The molecule has 0 saturated carbocycles. The van der Waals surface area contributed by atoms with Crippen molar-refractivity contribution < 1.29 is 9.63 Å². The van der Waals surface area contributed by atoms with E-state index in [9.17, 15) is 4.79 Å². The fraction of sp³-hybridized carbons (Fsp3) is 0.462. The van der Waals surface area contributed by atoms with E-state index >= 15 is 0 Å². The van der Waals surface area contributed by atoms with Gasteiger partial charge in [-0.05, 0) is 51.0 Å². The van der Waals surface area contributed by atoms with Crippen molar-refractivity contribution in [3.8, 4) is 0 Å². The van der Waals surface area contributed by atoms with Gasteiger partial charge in [0.1, 0.15) is 0 Å². The molecule has 4 heteroatoms. The van der Waals surface area contributed by atoms with Gasteiger partial charge < -0.3 is 5.32 Å². The molecule has 0 aliphatic carbocycles. The number of benzene rings is 1. The lowest BCUT2D eigenvalue weighted by molar-refractivity contribution is -0.0589. The molecule has 0 atom stereocenters. The highest BCUT2D eigenvalue weighted by atomic mass is 16.7. The molecule has 1 amide bonds. The molecule has 4 nitrogen and oxygen atoms in total. The quantitative estimate of drug-likeness (QED) is 0.771. The fourth-order valence-corrected chi connectivity index (χ4v) is 1.70. The standard InChI is InChI=1S/C13H18N2O2/c1-13(2,3)17-15-12(16)10-4-5-11-9(8-10)6-7-14-11/h4-5,8,14H,6-7H2,1-3H3,(H,15,16). The van der Waals surface area contributed by atoms with Crippen molar-refractivity contribution in [3.05, 3.63) is 29.3 Å². The zero-order valence-electron chi connectivity index (χ0n) is 10.5. The van der Waals surface area contributed by atoms with Crippen LogP contribution in [-0.4, -0.2) is 18.1 Å². The van der Waals surface area contributed by atoms with Gasteiger partial charge in [0, 0.05) is 17.8 Å². The topological polar surface area (TPSA) is 50.4 Å². The molecular formula is C13H18N2O2. The Morgan fingerprint density at radius 2 is 2.18 bits per heavy atom. The molecule has 0 unspecified atom stereocenters. The van der Waals surface area contributed by atoms with Gasteiger partial charge in [-0.15, -0.1) is 0 Å². The maximum atomic E-state index is 11.8. The molecule has 1 heterocycles. The maximum Gasteiger partial charge on any atom is 0.274 e. The van der Waals surface area contributed by atoms with Gasteiger partial charge in [0.15, 0.2) is 0 Å². The van der Waals surface area contributed by atoms with E-state index in [4.69, 9.17) is 4.84 Å². The van der Waals surface area contributed by atoms with E-state index in [1.807, 2.05) is 32.9 Å². The normalized spacial score (nSPS) is 14.1. The number of amides is 1. The van der Waals surface area contributed by atoms with Crippen molar-refractivity contribution in [2.24, 2.45) is 0 Å². The first-order chi connectivity index (χ1) is 7.96. The average Bonchev–Trinajstić information content (AvgIpc) is 2.71. The van der Waals surface area contributed by atoms with E-state index in [0.717, 1.165) is 18.7 Å². The van der Waals surface area contributed by atoms with Crippen LogP contribution in [0.1, 0.15) is 36.7 Å². The third-order valence-electron chi connectivity index (χ3n) is 2.53. The second-order valence-corrected chi connectivity index (χ2v) is 5.19. The number of fused-ring (bicyclic) bond motifs is 1. The zero-order chi connectivity index (χ0) is 12.5. The molecule has 0 radical (unpaired) electrons. The maximum absolute atomic E-state index is 11.8. The van der Waals surface area contributed by atoms with E-state index in [1.165, 1.54) is 5.56 Å². The molecule has 2 rings (SSSR count). The molecule has 1 aromatic rings. The first kappa shape index (κ1) is 11.9. The van der Waals surface area contributed by atoms with Gasteiger partial charge in [-0.3, -0.25) is 9.63 Å². The van der Waals surface area contributed by atoms with Crippen LogP contribution in [0.4, 0.5) is 5.69 Å². The minimum Gasteiger partial charge on any atom is -0.384 e. The van der Waals surface area contributed by atoms with Crippen LogP contribution >= 0.6 is 0 Å². The lowest BCUT2D eigenvalue weighted by Crippen LogP contribution is -2.33. The molecule has 1 aliphatic rings. The van der Waals surface area contributed by atoms with Crippen molar-refractivity contribution in [1.82, 2.24) is 5.48 Å². The van der Waals surface area contributed by atoms with E-state index in [2.05, 4.69) is 10.8 Å². The monoisotopic (exact) mass is 234 g/mol. The predicted molar refractivity (Wildman–Crippen MR) is 66.9 cm³/mol. The SMILES string of the molecule is CC(C)(C)ONC(=O)c1ccc2c(c1)CCN2. The average molecular weight is 234 g/mol. The molecule has 1 aromatic carbocycles. The summed E-state index contributed by atoms with van der Waals surface area (Å²) in [4.78, 5) is 17.1. The lowest BCUT2D eigenvalue weighted by Gasteiger charge is -2.19. The van der Waals surface area contributed by atoms with Crippen LogP contribution in [-0.2, 0) is 11.3 Å². The Kier molecular flexibility index (Phi) is 3.07. The van der Waals surface area contributed by atoms with Gasteiger partial charge >= 0.3 is 0 Å². The van der Waals surface area contributed by atoms with Crippen LogP contribution in [0.5, 0.6) is 0 Å². The summed E-state index contributed by atoms with van der Waals surface area (Å²) in [6.07, 6.45) is 0.969. The zero-order valence-corrected chi connectivity index (χ0v) is 10.5. The molecule has 92 valence electrons. The van der Waals surface area contributed by atoms with Crippen LogP contribution in [0.25, 0.3) is 0 Å². The Morgan fingerprint density at radius 3 is 2.88 bits per heavy atom. The highest BCUT2D eigenvalue weighted by Gasteiger charge is 2.16. The van der Waals surface area contributed by atoms with E-state index in [1.54, 1.807) is 6.07 Å².